The smallest absolute Gasteiger partial charge is 0.246 e. The number of methoxy groups -OCH3 is 1. The topological polar surface area (TPSA) is 88.2 Å². The van der Waals surface area contributed by atoms with Crippen LogP contribution in [0.25, 0.3) is 0 Å². The Morgan fingerprint density at radius 3 is 2.47 bits per heavy atom. The van der Waals surface area contributed by atoms with Gasteiger partial charge in [-0.2, -0.15) is 4.31 Å². The van der Waals surface area contributed by atoms with Gasteiger partial charge in [0.15, 0.2) is 0 Å². The summed E-state index contributed by atoms with van der Waals surface area (Å²) in [6.45, 7) is 5.64. The SMILES string of the molecule is CCOC1CCN(CC(=O)Nc2ccc(OC)c(S(=O)(=O)N3CCCCC3)c2)CC1. The van der Waals surface area contributed by atoms with Crippen molar-refractivity contribution in [3.05, 3.63) is 18.2 Å². The van der Waals surface area contributed by atoms with Crippen LogP contribution in [0.4, 0.5) is 5.69 Å². The zero-order valence-electron chi connectivity index (χ0n) is 17.9. The lowest BCUT2D eigenvalue weighted by Gasteiger charge is -2.31. The summed E-state index contributed by atoms with van der Waals surface area (Å²) in [6, 6.07) is 4.77. The van der Waals surface area contributed by atoms with E-state index in [1.165, 1.54) is 17.5 Å². The highest BCUT2D eigenvalue weighted by Crippen LogP contribution is 2.31. The summed E-state index contributed by atoms with van der Waals surface area (Å²) in [6.07, 6.45) is 4.87. The van der Waals surface area contributed by atoms with Crippen LogP contribution < -0.4 is 10.1 Å². The van der Waals surface area contributed by atoms with Crippen LogP contribution in [0.5, 0.6) is 5.75 Å². The van der Waals surface area contributed by atoms with Crippen molar-refractivity contribution in [2.24, 2.45) is 0 Å². The van der Waals surface area contributed by atoms with Crippen LogP contribution in [-0.2, 0) is 19.6 Å². The summed E-state index contributed by atoms with van der Waals surface area (Å²) in [4.78, 5) is 14.7. The van der Waals surface area contributed by atoms with E-state index >= 15 is 0 Å². The first kappa shape index (κ1) is 23.0. The maximum absolute atomic E-state index is 13.1. The van der Waals surface area contributed by atoms with Crippen LogP contribution in [0.15, 0.2) is 23.1 Å². The van der Waals surface area contributed by atoms with Gasteiger partial charge in [-0.25, -0.2) is 8.42 Å². The summed E-state index contributed by atoms with van der Waals surface area (Å²) in [7, 11) is -2.22. The number of carbonyl (C=O) groups is 1. The van der Waals surface area contributed by atoms with Gasteiger partial charge in [-0.05, 0) is 50.8 Å². The second-order valence-electron chi connectivity index (χ2n) is 7.81. The zero-order chi connectivity index (χ0) is 21.6. The first-order valence-corrected chi connectivity index (χ1v) is 12.2. The van der Waals surface area contributed by atoms with Gasteiger partial charge in [0.05, 0.1) is 19.8 Å². The van der Waals surface area contributed by atoms with E-state index in [0.717, 1.165) is 45.2 Å². The third-order valence-corrected chi connectivity index (χ3v) is 7.60. The molecule has 0 unspecified atom stereocenters. The third kappa shape index (κ3) is 5.72. The molecule has 2 heterocycles. The molecule has 1 N–H and O–H groups in total. The summed E-state index contributed by atoms with van der Waals surface area (Å²) >= 11 is 0. The molecular formula is C21H33N3O5S. The maximum atomic E-state index is 13.1. The number of likely N-dealkylation sites (tertiary alicyclic amines) is 1. The van der Waals surface area contributed by atoms with E-state index in [2.05, 4.69) is 10.2 Å². The summed E-state index contributed by atoms with van der Waals surface area (Å²) < 4.78 is 38.7. The first-order chi connectivity index (χ1) is 14.4. The largest absolute Gasteiger partial charge is 0.495 e. The van der Waals surface area contributed by atoms with Crippen molar-refractivity contribution in [2.45, 2.75) is 50.0 Å². The molecule has 0 saturated carbocycles. The molecule has 8 nitrogen and oxygen atoms in total. The number of piperidine rings is 2. The molecule has 1 aromatic carbocycles. The average molecular weight is 440 g/mol. The third-order valence-electron chi connectivity index (χ3n) is 5.68. The minimum Gasteiger partial charge on any atom is -0.495 e. The predicted molar refractivity (Wildman–Crippen MR) is 115 cm³/mol. The maximum Gasteiger partial charge on any atom is 0.246 e. The summed E-state index contributed by atoms with van der Waals surface area (Å²) in [5.74, 6) is 0.132. The fraction of sp³-hybridized carbons (Fsp3) is 0.667. The van der Waals surface area contributed by atoms with Crippen molar-refractivity contribution in [1.82, 2.24) is 9.21 Å². The molecule has 0 spiro atoms. The van der Waals surface area contributed by atoms with Gasteiger partial charge < -0.3 is 14.8 Å². The molecule has 2 aliphatic heterocycles. The van der Waals surface area contributed by atoms with Gasteiger partial charge in [0, 0.05) is 38.5 Å². The minimum absolute atomic E-state index is 0.0993. The van der Waals surface area contributed by atoms with E-state index in [9.17, 15) is 13.2 Å². The van der Waals surface area contributed by atoms with E-state index in [4.69, 9.17) is 9.47 Å². The number of ether oxygens (including phenoxy) is 2. The predicted octanol–water partition coefficient (Wildman–Crippen LogP) is 2.31. The van der Waals surface area contributed by atoms with Crippen molar-refractivity contribution in [3.63, 3.8) is 0 Å². The van der Waals surface area contributed by atoms with Gasteiger partial charge in [-0.3, -0.25) is 9.69 Å². The lowest BCUT2D eigenvalue weighted by Crippen LogP contribution is -2.41. The molecule has 2 saturated heterocycles. The van der Waals surface area contributed by atoms with Crippen LogP contribution >= 0.6 is 0 Å². The molecule has 1 aromatic rings. The Morgan fingerprint density at radius 2 is 1.83 bits per heavy atom. The van der Waals surface area contributed by atoms with Crippen molar-refractivity contribution in [3.8, 4) is 5.75 Å². The molecule has 1 amide bonds. The zero-order valence-corrected chi connectivity index (χ0v) is 18.7. The molecule has 0 bridgehead atoms. The van der Waals surface area contributed by atoms with Crippen LogP contribution in [-0.4, -0.2) is 76.1 Å². The number of hydrogen-bond acceptors (Lipinski definition) is 6. The standard InChI is InChI=1S/C21H33N3O5S/c1-3-29-18-9-13-23(14-10-18)16-21(25)22-17-7-8-19(28-2)20(15-17)30(26,27)24-11-5-4-6-12-24/h7-8,15,18H,3-6,9-14,16H2,1-2H3,(H,22,25). The molecule has 2 fully saturated rings. The van der Waals surface area contributed by atoms with E-state index in [1.807, 2.05) is 6.92 Å². The molecule has 168 valence electrons. The second kappa shape index (κ2) is 10.6. The van der Waals surface area contributed by atoms with E-state index < -0.39 is 10.0 Å². The van der Waals surface area contributed by atoms with E-state index in [-0.39, 0.29) is 29.2 Å². The highest BCUT2D eigenvalue weighted by Gasteiger charge is 2.29. The molecule has 30 heavy (non-hydrogen) atoms. The number of sulfonamides is 1. The molecule has 0 atom stereocenters. The first-order valence-electron chi connectivity index (χ1n) is 10.8. The van der Waals surface area contributed by atoms with Crippen molar-refractivity contribution in [1.29, 1.82) is 0 Å². The lowest BCUT2D eigenvalue weighted by atomic mass is 10.1. The van der Waals surface area contributed by atoms with Gasteiger partial charge >= 0.3 is 0 Å². The summed E-state index contributed by atoms with van der Waals surface area (Å²) in [5.41, 5.74) is 0.459. The number of rotatable bonds is 8. The normalized spacial score (nSPS) is 19.5. The van der Waals surface area contributed by atoms with Crippen LogP contribution in [0.3, 0.4) is 0 Å². The second-order valence-corrected chi connectivity index (χ2v) is 9.72. The van der Waals surface area contributed by atoms with Crippen molar-refractivity contribution >= 4 is 21.6 Å². The Balaban J connectivity index is 1.65. The van der Waals surface area contributed by atoms with Gasteiger partial charge in [0.1, 0.15) is 10.6 Å². The number of nitrogens with one attached hydrogen (secondary N) is 1. The highest BCUT2D eigenvalue weighted by atomic mass is 32.2. The van der Waals surface area contributed by atoms with E-state index in [1.54, 1.807) is 12.1 Å². The number of nitrogens with zero attached hydrogens (tertiary/aromatic N) is 2. The van der Waals surface area contributed by atoms with Crippen LogP contribution in [0.2, 0.25) is 0 Å². The Kier molecular flexibility index (Phi) is 8.10. The number of benzene rings is 1. The fourth-order valence-corrected chi connectivity index (χ4v) is 5.77. The Labute approximate surface area is 179 Å². The quantitative estimate of drug-likeness (QED) is 0.669. The van der Waals surface area contributed by atoms with Crippen molar-refractivity contribution in [2.75, 3.05) is 51.8 Å². The number of anilines is 1. The van der Waals surface area contributed by atoms with E-state index in [0.29, 0.717) is 25.4 Å². The molecule has 0 aliphatic carbocycles. The van der Waals surface area contributed by atoms with Crippen LogP contribution in [0, 0.1) is 0 Å². The van der Waals surface area contributed by atoms with Gasteiger partial charge in [-0.1, -0.05) is 6.42 Å². The number of hydrogen-bond donors (Lipinski definition) is 1. The lowest BCUT2D eigenvalue weighted by molar-refractivity contribution is -0.118. The Morgan fingerprint density at radius 1 is 1.13 bits per heavy atom. The molecular weight excluding hydrogens is 406 g/mol. The minimum atomic E-state index is -3.67. The van der Waals surface area contributed by atoms with Gasteiger partial charge in [0.2, 0.25) is 15.9 Å². The monoisotopic (exact) mass is 439 g/mol. The van der Waals surface area contributed by atoms with Gasteiger partial charge in [0.25, 0.3) is 0 Å². The molecule has 9 heteroatoms. The Hall–Kier alpha value is -1.68. The molecule has 0 radical (unpaired) electrons. The molecule has 0 aromatic heterocycles. The fourth-order valence-electron chi connectivity index (χ4n) is 4.07. The van der Waals surface area contributed by atoms with Gasteiger partial charge in [-0.15, -0.1) is 0 Å². The Bertz CT molecular complexity index is 816. The summed E-state index contributed by atoms with van der Waals surface area (Å²) in [5, 5.41) is 2.84. The number of carbonyl (C=O) groups excluding carboxylic acids is 1. The van der Waals surface area contributed by atoms with Crippen molar-refractivity contribution < 1.29 is 22.7 Å². The van der Waals surface area contributed by atoms with Crippen LogP contribution in [0.1, 0.15) is 39.0 Å². The highest BCUT2D eigenvalue weighted by molar-refractivity contribution is 7.89. The molecule has 2 aliphatic rings. The molecule has 3 rings (SSSR count). The average Bonchev–Trinajstić information content (AvgIpc) is 2.76. The number of amides is 1.